The molecule has 0 aliphatic rings. The van der Waals surface area contributed by atoms with Gasteiger partial charge in [0.05, 0.1) is 11.3 Å². The first kappa shape index (κ1) is 18.2. The van der Waals surface area contributed by atoms with Crippen LogP contribution in [0.15, 0.2) is 30.3 Å². The van der Waals surface area contributed by atoms with Crippen LogP contribution in [0.1, 0.15) is 32.1 Å². The van der Waals surface area contributed by atoms with Crippen molar-refractivity contribution >= 4 is 33.1 Å². The molecule has 2 heterocycles. The van der Waals surface area contributed by atoms with Gasteiger partial charge in [-0.3, -0.25) is 4.79 Å². The summed E-state index contributed by atoms with van der Waals surface area (Å²) in [7, 11) is 0. The number of benzene rings is 1. The molecule has 0 atom stereocenters. The Morgan fingerprint density at radius 3 is 2.50 bits per heavy atom. The number of nitrogens with one attached hydrogen (secondary N) is 1. The lowest BCUT2D eigenvalue weighted by Crippen LogP contribution is -2.22. The van der Waals surface area contributed by atoms with Gasteiger partial charge < -0.3 is 11.1 Å². The van der Waals surface area contributed by atoms with Gasteiger partial charge in [0, 0.05) is 17.6 Å². The number of thiophene rings is 1. The molecule has 0 saturated carbocycles. The summed E-state index contributed by atoms with van der Waals surface area (Å²) in [6.45, 7) is 3.88. The van der Waals surface area contributed by atoms with Crippen LogP contribution in [-0.4, -0.2) is 10.9 Å². The maximum atomic E-state index is 12.6. The fourth-order valence-electron chi connectivity index (χ4n) is 2.71. The molecule has 0 aliphatic carbocycles. The maximum Gasteiger partial charge on any atom is 0.416 e. The Morgan fingerprint density at radius 2 is 1.88 bits per heavy atom. The molecule has 0 radical (unpaired) electrons. The smallest absolute Gasteiger partial charge is 0.397 e. The zero-order valence-electron chi connectivity index (χ0n) is 14.1. The number of nitrogens with zero attached hydrogens (tertiary/aromatic N) is 1. The lowest BCUT2D eigenvalue weighted by atomic mass is 10.1. The zero-order valence-corrected chi connectivity index (χ0v) is 14.9. The Kier molecular flexibility index (Phi) is 4.62. The Hall–Kier alpha value is -2.61. The number of nitrogens with two attached hydrogens (primary N) is 1. The van der Waals surface area contributed by atoms with E-state index in [0.717, 1.165) is 28.8 Å². The van der Waals surface area contributed by atoms with E-state index in [-0.39, 0.29) is 12.5 Å². The van der Waals surface area contributed by atoms with Crippen molar-refractivity contribution in [3.05, 3.63) is 57.6 Å². The van der Waals surface area contributed by atoms with Crippen molar-refractivity contribution in [2.75, 3.05) is 5.73 Å². The fraction of sp³-hybridized carbons (Fsp3) is 0.222. The summed E-state index contributed by atoms with van der Waals surface area (Å²) in [6, 6.07) is 6.56. The van der Waals surface area contributed by atoms with E-state index in [1.165, 1.54) is 23.5 Å². The molecule has 8 heteroatoms. The van der Waals surface area contributed by atoms with Crippen molar-refractivity contribution in [1.82, 2.24) is 10.3 Å². The third-order valence-corrected chi connectivity index (χ3v) is 5.06. The number of nitrogen functional groups attached to an aromatic ring is 1. The lowest BCUT2D eigenvalue weighted by Gasteiger charge is -2.08. The van der Waals surface area contributed by atoms with E-state index in [1.807, 2.05) is 19.9 Å². The molecule has 4 nitrogen and oxygen atoms in total. The Labute approximate surface area is 151 Å². The number of rotatable bonds is 3. The standard InChI is InChI=1S/C18H16F3N3OS/c1-9-7-10(2)24-17-13(9)14(22)15(26-17)16(25)23-8-11-3-5-12(6-4-11)18(19,20)21/h3-7H,8,22H2,1-2H3,(H,23,25). The van der Waals surface area contributed by atoms with Gasteiger partial charge >= 0.3 is 6.18 Å². The second-order valence-corrected chi connectivity index (χ2v) is 6.98. The van der Waals surface area contributed by atoms with Crippen molar-refractivity contribution < 1.29 is 18.0 Å². The quantitative estimate of drug-likeness (QED) is 0.707. The topological polar surface area (TPSA) is 68.0 Å². The minimum absolute atomic E-state index is 0.107. The molecule has 0 aliphatic heterocycles. The summed E-state index contributed by atoms with van der Waals surface area (Å²) in [6.07, 6.45) is -4.38. The SMILES string of the molecule is Cc1cc(C)c2c(N)c(C(=O)NCc3ccc(C(F)(F)F)cc3)sc2n1. The van der Waals surface area contributed by atoms with Crippen LogP contribution in [0.25, 0.3) is 10.2 Å². The van der Waals surface area contributed by atoms with E-state index >= 15 is 0 Å². The molecule has 0 fully saturated rings. The number of pyridine rings is 1. The third-order valence-electron chi connectivity index (χ3n) is 3.96. The van der Waals surface area contributed by atoms with Crippen molar-refractivity contribution in [3.63, 3.8) is 0 Å². The highest BCUT2D eigenvalue weighted by Crippen LogP contribution is 2.35. The molecule has 0 bridgehead atoms. The number of carbonyl (C=O) groups excluding carboxylic acids is 1. The summed E-state index contributed by atoms with van der Waals surface area (Å²) in [4.78, 5) is 17.9. The Morgan fingerprint density at radius 1 is 1.23 bits per heavy atom. The van der Waals surface area contributed by atoms with Gasteiger partial charge in [0.1, 0.15) is 9.71 Å². The lowest BCUT2D eigenvalue weighted by molar-refractivity contribution is -0.137. The number of hydrogen-bond donors (Lipinski definition) is 2. The van der Waals surface area contributed by atoms with Crippen molar-refractivity contribution in [2.24, 2.45) is 0 Å². The molecule has 3 rings (SSSR count). The van der Waals surface area contributed by atoms with E-state index in [0.29, 0.717) is 21.0 Å². The Balaban J connectivity index is 1.77. The average Bonchev–Trinajstić information content (AvgIpc) is 2.89. The highest BCUT2D eigenvalue weighted by molar-refractivity contribution is 7.21. The van der Waals surface area contributed by atoms with Crippen molar-refractivity contribution in [3.8, 4) is 0 Å². The number of alkyl halides is 3. The van der Waals surface area contributed by atoms with Gasteiger partial charge in [0.15, 0.2) is 0 Å². The highest BCUT2D eigenvalue weighted by atomic mass is 32.1. The number of amides is 1. The van der Waals surface area contributed by atoms with E-state index < -0.39 is 11.7 Å². The fourth-order valence-corrected chi connectivity index (χ4v) is 3.84. The minimum Gasteiger partial charge on any atom is -0.397 e. The first-order chi connectivity index (χ1) is 12.2. The Bertz CT molecular complexity index is 978. The summed E-state index contributed by atoms with van der Waals surface area (Å²) in [5, 5.41) is 3.46. The van der Waals surface area contributed by atoms with Crippen LogP contribution in [0.2, 0.25) is 0 Å². The normalized spacial score (nSPS) is 11.7. The molecule has 1 amide bonds. The summed E-state index contributed by atoms with van der Waals surface area (Å²) in [5.41, 5.74) is 8.12. The molecule has 3 N–H and O–H groups in total. The summed E-state index contributed by atoms with van der Waals surface area (Å²) >= 11 is 1.20. The number of aromatic nitrogens is 1. The van der Waals surface area contributed by atoms with E-state index in [4.69, 9.17) is 5.73 Å². The van der Waals surface area contributed by atoms with Crippen LogP contribution in [0, 0.1) is 13.8 Å². The molecule has 3 aromatic rings. The first-order valence-electron chi connectivity index (χ1n) is 7.77. The average molecular weight is 379 g/mol. The van der Waals surface area contributed by atoms with Crippen LogP contribution in [0.4, 0.5) is 18.9 Å². The highest BCUT2D eigenvalue weighted by Gasteiger charge is 2.29. The predicted octanol–water partition coefficient (Wildman–Crippen LogP) is 4.44. The van der Waals surface area contributed by atoms with Crippen LogP contribution in [-0.2, 0) is 12.7 Å². The van der Waals surface area contributed by atoms with Crippen molar-refractivity contribution in [2.45, 2.75) is 26.6 Å². The molecule has 0 spiro atoms. The maximum absolute atomic E-state index is 12.6. The van der Waals surface area contributed by atoms with Crippen LogP contribution in [0.3, 0.4) is 0 Å². The molecule has 1 aromatic carbocycles. The summed E-state index contributed by atoms with van der Waals surface area (Å²) < 4.78 is 37.7. The van der Waals surface area contributed by atoms with Gasteiger partial charge in [-0.05, 0) is 43.2 Å². The predicted molar refractivity (Wildman–Crippen MR) is 96.1 cm³/mol. The molecular weight excluding hydrogens is 363 g/mol. The molecule has 0 unspecified atom stereocenters. The van der Waals surface area contributed by atoms with E-state index in [9.17, 15) is 18.0 Å². The van der Waals surface area contributed by atoms with Gasteiger partial charge in [0.25, 0.3) is 5.91 Å². The van der Waals surface area contributed by atoms with Crippen LogP contribution >= 0.6 is 11.3 Å². The van der Waals surface area contributed by atoms with Gasteiger partial charge in [-0.2, -0.15) is 13.2 Å². The number of fused-ring (bicyclic) bond motifs is 1. The van der Waals surface area contributed by atoms with Crippen LogP contribution in [0.5, 0.6) is 0 Å². The molecular formula is C18H16F3N3OS. The number of anilines is 1. The number of aryl methyl sites for hydroxylation is 2. The largest absolute Gasteiger partial charge is 0.416 e. The van der Waals surface area contributed by atoms with Gasteiger partial charge in [-0.1, -0.05) is 12.1 Å². The van der Waals surface area contributed by atoms with Gasteiger partial charge in [-0.15, -0.1) is 11.3 Å². The second-order valence-electron chi connectivity index (χ2n) is 5.98. The second kappa shape index (κ2) is 6.60. The molecule has 136 valence electrons. The third kappa shape index (κ3) is 3.50. The monoisotopic (exact) mass is 379 g/mol. The first-order valence-corrected chi connectivity index (χ1v) is 8.59. The van der Waals surface area contributed by atoms with E-state index in [1.54, 1.807) is 0 Å². The zero-order chi connectivity index (χ0) is 19.1. The molecule has 0 saturated heterocycles. The summed E-state index contributed by atoms with van der Waals surface area (Å²) in [5.74, 6) is -0.373. The number of carbonyl (C=O) groups is 1. The van der Waals surface area contributed by atoms with Crippen LogP contribution < -0.4 is 11.1 Å². The van der Waals surface area contributed by atoms with Gasteiger partial charge in [0.2, 0.25) is 0 Å². The minimum atomic E-state index is -4.38. The van der Waals surface area contributed by atoms with Crippen molar-refractivity contribution in [1.29, 1.82) is 0 Å². The van der Waals surface area contributed by atoms with E-state index in [2.05, 4.69) is 10.3 Å². The van der Waals surface area contributed by atoms with Gasteiger partial charge in [-0.25, -0.2) is 4.98 Å². The number of halogens is 3. The molecule has 2 aromatic heterocycles. The molecule has 26 heavy (non-hydrogen) atoms. The number of hydrogen-bond acceptors (Lipinski definition) is 4.